The lowest BCUT2D eigenvalue weighted by Gasteiger charge is -2.25. The molecular formula is C31H42N4O5S. The van der Waals surface area contributed by atoms with Crippen molar-refractivity contribution in [2.24, 2.45) is 17.8 Å². The van der Waals surface area contributed by atoms with E-state index in [0.717, 1.165) is 29.1 Å². The lowest BCUT2D eigenvalue weighted by atomic mass is 10.0. The largest absolute Gasteiger partial charge is 0.477 e. The van der Waals surface area contributed by atoms with Crippen LogP contribution >= 0.6 is 0 Å². The second kappa shape index (κ2) is 13.7. The number of pyridine rings is 1. The Morgan fingerprint density at radius 2 is 1.93 bits per heavy atom. The van der Waals surface area contributed by atoms with Crippen LogP contribution in [0.5, 0.6) is 5.88 Å². The van der Waals surface area contributed by atoms with E-state index in [1.54, 1.807) is 13.8 Å². The van der Waals surface area contributed by atoms with E-state index in [-0.39, 0.29) is 23.8 Å². The summed E-state index contributed by atoms with van der Waals surface area (Å²) in [6.07, 6.45) is 2.89. The maximum absolute atomic E-state index is 13.6. The Kier molecular flexibility index (Phi) is 10.3. The molecule has 3 N–H and O–H groups in total. The Morgan fingerprint density at radius 3 is 2.56 bits per heavy atom. The lowest BCUT2D eigenvalue weighted by molar-refractivity contribution is 0.0832. The Hall–Kier alpha value is -3.13. The van der Waals surface area contributed by atoms with Gasteiger partial charge in [0.2, 0.25) is 15.9 Å². The number of amides is 1. The van der Waals surface area contributed by atoms with Crippen molar-refractivity contribution in [1.29, 1.82) is 0 Å². The molecule has 4 atom stereocenters. The van der Waals surface area contributed by atoms with Gasteiger partial charge in [-0.25, -0.2) is 8.42 Å². The summed E-state index contributed by atoms with van der Waals surface area (Å²) in [5.41, 5.74) is 1.17. The highest BCUT2D eigenvalue weighted by atomic mass is 32.2. The number of carbonyl (C=O) groups excluding carboxylic acids is 1. The van der Waals surface area contributed by atoms with Gasteiger partial charge in [-0.1, -0.05) is 49.1 Å². The fourth-order valence-corrected chi connectivity index (χ4v) is 5.37. The van der Waals surface area contributed by atoms with E-state index in [0.29, 0.717) is 37.3 Å². The highest BCUT2D eigenvalue weighted by molar-refractivity contribution is 7.93. The number of hydrogen-bond acceptors (Lipinski definition) is 7. The van der Waals surface area contributed by atoms with Gasteiger partial charge in [0, 0.05) is 31.1 Å². The number of hydrogen-bond donors (Lipinski definition) is 3. The molecule has 0 saturated heterocycles. The summed E-state index contributed by atoms with van der Waals surface area (Å²) in [5, 5.41) is 16.5. The van der Waals surface area contributed by atoms with Gasteiger partial charge in [-0.3, -0.25) is 9.10 Å². The quantitative estimate of drug-likeness (QED) is 0.231. The SMILES string of the molecule is CC1CC1COc1cc(C(=O)N[C@@H](Cc2ccccc2)[C@H](O)CNCC#CC2CC2)cc(N(C)S(=O)(=O)C(C)C)n1. The predicted molar refractivity (Wildman–Crippen MR) is 160 cm³/mol. The molecule has 2 fully saturated rings. The fourth-order valence-electron chi connectivity index (χ4n) is 4.38. The van der Waals surface area contributed by atoms with Gasteiger partial charge in [-0.2, -0.15) is 4.98 Å². The average Bonchev–Trinajstić information content (AvgIpc) is 3.89. The van der Waals surface area contributed by atoms with Crippen LogP contribution in [0.3, 0.4) is 0 Å². The molecule has 10 heteroatoms. The average molecular weight is 583 g/mol. The first kappa shape index (κ1) is 30.8. The molecule has 9 nitrogen and oxygen atoms in total. The van der Waals surface area contributed by atoms with Crippen LogP contribution in [0.2, 0.25) is 0 Å². The summed E-state index contributed by atoms with van der Waals surface area (Å²) in [4.78, 5) is 18.0. The van der Waals surface area contributed by atoms with Crippen LogP contribution in [0.1, 0.15) is 56.0 Å². The molecule has 0 spiro atoms. The third-order valence-electron chi connectivity index (χ3n) is 7.60. The van der Waals surface area contributed by atoms with E-state index in [2.05, 4.69) is 34.4 Å². The van der Waals surface area contributed by atoms with Crippen LogP contribution < -0.4 is 19.7 Å². The van der Waals surface area contributed by atoms with Crippen LogP contribution in [0.15, 0.2) is 42.5 Å². The zero-order valence-corrected chi connectivity index (χ0v) is 25.2. The van der Waals surface area contributed by atoms with Gasteiger partial charge >= 0.3 is 0 Å². The smallest absolute Gasteiger partial charge is 0.251 e. The Balaban J connectivity index is 1.53. The second-order valence-corrected chi connectivity index (χ2v) is 14.0. The second-order valence-electron chi connectivity index (χ2n) is 11.5. The number of ether oxygens (including phenoxy) is 1. The molecule has 1 heterocycles. The molecule has 222 valence electrons. The number of nitrogens with zero attached hydrogens (tertiary/aromatic N) is 2. The Bertz CT molecular complexity index is 1350. The maximum atomic E-state index is 13.6. The molecule has 1 aromatic carbocycles. The molecule has 0 aliphatic heterocycles. The minimum absolute atomic E-state index is 0.0984. The summed E-state index contributed by atoms with van der Waals surface area (Å²) >= 11 is 0. The summed E-state index contributed by atoms with van der Waals surface area (Å²) < 4.78 is 32.8. The van der Waals surface area contributed by atoms with Crippen LogP contribution in [0.4, 0.5) is 5.82 Å². The molecule has 41 heavy (non-hydrogen) atoms. The highest BCUT2D eigenvalue weighted by Crippen LogP contribution is 2.38. The molecule has 2 saturated carbocycles. The first-order valence-electron chi connectivity index (χ1n) is 14.4. The number of sulfonamides is 1. The van der Waals surface area contributed by atoms with E-state index in [1.165, 1.54) is 19.2 Å². The van der Waals surface area contributed by atoms with Crippen molar-refractivity contribution in [3.63, 3.8) is 0 Å². The number of nitrogens with one attached hydrogen (secondary N) is 2. The molecule has 1 amide bonds. The van der Waals surface area contributed by atoms with Crippen LogP contribution in [-0.2, 0) is 16.4 Å². The standard InChI is InChI=1S/C31H42N4O5S/c1-21(2)41(38,39)35(4)29-17-25(18-30(34-29)40-20-26-15-22(26)3)31(37)33-27(16-24-9-6-5-7-10-24)28(36)19-32-14-8-11-23-12-13-23/h5-7,9-10,17-18,21-23,26-28,32,36H,12-16,19-20H2,1-4H3,(H,33,37)/t22?,26?,27-,28+/m0/s1. The van der Waals surface area contributed by atoms with Gasteiger partial charge in [0.25, 0.3) is 5.91 Å². The van der Waals surface area contributed by atoms with Crippen molar-refractivity contribution < 1.29 is 23.1 Å². The minimum Gasteiger partial charge on any atom is -0.477 e. The van der Waals surface area contributed by atoms with Gasteiger partial charge in [0.15, 0.2) is 0 Å². The summed E-state index contributed by atoms with van der Waals surface area (Å²) in [6.45, 7) is 6.49. The topological polar surface area (TPSA) is 121 Å². The Labute approximate surface area is 244 Å². The van der Waals surface area contributed by atoms with Crippen molar-refractivity contribution in [3.8, 4) is 17.7 Å². The number of benzene rings is 1. The number of aliphatic hydroxyl groups is 1. The van der Waals surface area contributed by atoms with E-state index in [9.17, 15) is 18.3 Å². The number of carbonyl (C=O) groups is 1. The van der Waals surface area contributed by atoms with E-state index in [4.69, 9.17) is 4.74 Å². The molecule has 0 bridgehead atoms. The molecule has 2 aliphatic rings. The van der Waals surface area contributed by atoms with Gasteiger partial charge in [-0.05, 0) is 63.0 Å². The van der Waals surface area contributed by atoms with E-state index in [1.807, 2.05) is 30.3 Å². The van der Waals surface area contributed by atoms with Gasteiger partial charge < -0.3 is 20.5 Å². The van der Waals surface area contributed by atoms with Gasteiger partial charge in [-0.15, -0.1) is 0 Å². The van der Waals surface area contributed by atoms with E-state index >= 15 is 0 Å². The summed E-state index contributed by atoms with van der Waals surface area (Å²) in [6, 6.07) is 12.0. The fraction of sp³-hybridized carbons (Fsp3) is 0.548. The molecule has 2 aliphatic carbocycles. The minimum atomic E-state index is -3.69. The predicted octanol–water partition coefficient (Wildman–Crippen LogP) is 3.00. The zero-order valence-electron chi connectivity index (χ0n) is 24.3. The number of aliphatic hydroxyl groups excluding tert-OH is 1. The van der Waals surface area contributed by atoms with Gasteiger partial charge in [0.05, 0.1) is 30.5 Å². The maximum Gasteiger partial charge on any atom is 0.251 e. The lowest BCUT2D eigenvalue weighted by Crippen LogP contribution is -2.48. The van der Waals surface area contributed by atoms with Crippen LogP contribution in [0.25, 0.3) is 0 Å². The van der Waals surface area contributed by atoms with Crippen molar-refractivity contribution in [1.82, 2.24) is 15.6 Å². The first-order chi connectivity index (χ1) is 19.5. The third-order valence-corrected chi connectivity index (χ3v) is 9.74. The van der Waals surface area contributed by atoms with E-state index < -0.39 is 33.3 Å². The third kappa shape index (κ3) is 8.93. The molecule has 1 aromatic heterocycles. The van der Waals surface area contributed by atoms with Crippen molar-refractivity contribution in [3.05, 3.63) is 53.6 Å². The number of rotatable bonds is 14. The van der Waals surface area contributed by atoms with Crippen molar-refractivity contribution in [2.45, 2.75) is 63.9 Å². The Morgan fingerprint density at radius 1 is 1.22 bits per heavy atom. The molecule has 2 aromatic rings. The molecule has 2 unspecified atom stereocenters. The molecule has 4 rings (SSSR count). The van der Waals surface area contributed by atoms with Crippen LogP contribution in [-0.4, -0.2) is 68.6 Å². The zero-order chi connectivity index (χ0) is 29.6. The summed E-state index contributed by atoms with van der Waals surface area (Å²) in [5.74, 6) is 7.60. The van der Waals surface area contributed by atoms with Crippen LogP contribution in [0, 0.1) is 29.6 Å². The highest BCUT2D eigenvalue weighted by Gasteiger charge is 2.33. The number of aromatic nitrogens is 1. The molecule has 0 radical (unpaired) electrons. The summed E-state index contributed by atoms with van der Waals surface area (Å²) in [7, 11) is -2.26. The first-order valence-corrected chi connectivity index (χ1v) is 15.9. The normalized spacial score (nSPS) is 19.6. The van der Waals surface area contributed by atoms with Crippen molar-refractivity contribution >= 4 is 21.7 Å². The number of anilines is 1. The van der Waals surface area contributed by atoms with Crippen molar-refractivity contribution in [2.75, 3.05) is 31.0 Å². The van der Waals surface area contributed by atoms with Gasteiger partial charge in [0.1, 0.15) is 5.82 Å². The monoisotopic (exact) mass is 582 g/mol. The molecular weight excluding hydrogens is 540 g/mol.